The molecule has 20 heavy (non-hydrogen) atoms. The Labute approximate surface area is 124 Å². The van der Waals surface area contributed by atoms with E-state index in [1.165, 1.54) is 12.8 Å². The maximum Gasteiger partial charge on any atom is 0.208 e. The topological polar surface area (TPSA) is 47.5 Å². The molecule has 5 nitrogen and oxygen atoms in total. The number of ether oxygens (including phenoxy) is 2. The first-order valence-corrected chi connectivity index (χ1v) is 8.27. The highest BCUT2D eigenvalue weighted by Gasteiger charge is 2.42. The number of hydrogen-bond donors (Lipinski definition) is 0. The summed E-state index contributed by atoms with van der Waals surface area (Å²) in [5, 5.41) is 10.5. The fourth-order valence-electron chi connectivity index (χ4n) is 3.19. The molecule has 112 valence electrons. The van der Waals surface area contributed by atoms with Crippen LogP contribution in [-0.2, 0) is 9.47 Å². The third kappa shape index (κ3) is 2.97. The van der Waals surface area contributed by atoms with Gasteiger partial charge in [-0.1, -0.05) is 11.3 Å². The van der Waals surface area contributed by atoms with Crippen LogP contribution in [0.2, 0.25) is 0 Å². The molecule has 1 aromatic heterocycles. The van der Waals surface area contributed by atoms with Gasteiger partial charge < -0.3 is 14.4 Å². The van der Waals surface area contributed by atoms with Crippen molar-refractivity contribution in [2.45, 2.75) is 39.2 Å². The van der Waals surface area contributed by atoms with Crippen LogP contribution < -0.4 is 4.90 Å². The maximum absolute atomic E-state index is 5.92. The van der Waals surface area contributed by atoms with Gasteiger partial charge >= 0.3 is 0 Å². The number of anilines is 1. The molecule has 0 radical (unpaired) electrons. The van der Waals surface area contributed by atoms with E-state index in [4.69, 9.17) is 9.47 Å². The molecule has 0 saturated carbocycles. The third-order valence-corrected chi connectivity index (χ3v) is 5.30. The first kappa shape index (κ1) is 14.2. The molecule has 1 atom stereocenters. The Hall–Kier alpha value is -0.720. The quantitative estimate of drug-likeness (QED) is 0.853. The van der Waals surface area contributed by atoms with Crippen LogP contribution in [0.15, 0.2) is 0 Å². The van der Waals surface area contributed by atoms with Crippen molar-refractivity contribution in [2.24, 2.45) is 5.41 Å². The minimum Gasteiger partial charge on any atom is -0.379 e. The van der Waals surface area contributed by atoms with Gasteiger partial charge in [0.15, 0.2) is 0 Å². The Kier molecular flexibility index (Phi) is 4.23. The Morgan fingerprint density at radius 1 is 1.40 bits per heavy atom. The molecular weight excluding hydrogens is 274 g/mol. The van der Waals surface area contributed by atoms with Gasteiger partial charge in [0.2, 0.25) is 5.13 Å². The second kappa shape index (κ2) is 5.95. The summed E-state index contributed by atoms with van der Waals surface area (Å²) in [7, 11) is 0. The van der Waals surface area contributed by atoms with Crippen LogP contribution in [0, 0.1) is 12.3 Å². The Bertz CT molecular complexity index is 443. The molecule has 0 aromatic carbocycles. The lowest BCUT2D eigenvalue weighted by molar-refractivity contribution is 0.0183. The van der Waals surface area contributed by atoms with Crippen molar-refractivity contribution in [1.29, 1.82) is 0 Å². The van der Waals surface area contributed by atoms with E-state index in [-0.39, 0.29) is 0 Å². The smallest absolute Gasteiger partial charge is 0.208 e. The van der Waals surface area contributed by atoms with Crippen molar-refractivity contribution in [1.82, 2.24) is 10.2 Å². The molecule has 1 aromatic rings. The van der Waals surface area contributed by atoms with E-state index in [1.807, 2.05) is 13.8 Å². The fraction of sp³-hybridized carbons (Fsp3) is 0.857. The van der Waals surface area contributed by atoms with Crippen LogP contribution in [0.4, 0.5) is 5.13 Å². The molecule has 2 fully saturated rings. The van der Waals surface area contributed by atoms with E-state index in [9.17, 15) is 0 Å². The summed E-state index contributed by atoms with van der Waals surface area (Å²) in [6.07, 6.45) is 3.82. The van der Waals surface area contributed by atoms with Gasteiger partial charge in [0.05, 0.1) is 19.3 Å². The molecule has 2 aliphatic heterocycles. The molecule has 6 heteroatoms. The van der Waals surface area contributed by atoms with Gasteiger partial charge in [0, 0.05) is 19.7 Å². The average molecular weight is 297 g/mol. The molecular formula is C14H23N3O2S. The number of aryl methyl sites for hydroxylation is 1. The number of nitrogens with zero attached hydrogens (tertiary/aromatic N) is 3. The first-order valence-electron chi connectivity index (χ1n) is 7.45. The Morgan fingerprint density at radius 2 is 2.20 bits per heavy atom. The third-order valence-electron chi connectivity index (χ3n) is 4.40. The second-order valence-corrected chi connectivity index (χ2v) is 7.05. The number of piperidine rings is 1. The lowest BCUT2D eigenvalue weighted by Crippen LogP contribution is -2.40. The largest absolute Gasteiger partial charge is 0.379 e. The Balaban J connectivity index is 1.53. The number of aromatic nitrogens is 2. The van der Waals surface area contributed by atoms with Gasteiger partial charge in [0.1, 0.15) is 5.01 Å². The van der Waals surface area contributed by atoms with Crippen molar-refractivity contribution in [2.75, 3.05) is 37.8 Å². The molecule has 2 saturated heterocycles. The molecule has 0 bridgehead atoms. The molecule has 3 rings (SSSR count). The van der Waals surface area contributed by atoms with Crippen LogP contribution in [0.1, 0.15) is 31.2 Å². The predicted molar refractivity (Wildman–Crippen MR) is 79.4 cm³/mol. The van der Waals surface area contributed by atoms with Crippen LogP contribution in [-0.4, -0.2) is 49.2 Å². The van der Waals surface area contributed by atoms with E-state index < -0.39 is 0 Å². The lowest BCUT2D eigenvalue weighted by atomic mass is 9.77. The number of hydrogen-bond acceptors (Lipinski definition) is 6. The fourth-order valence-corrected chi connectivity index (χ4v) is 3.93. The lowest BCUT2D eigenvalue weighted by Gasteiger charge is -2.38. The highest BCUT2D eigenvalue weighted by molar-refractivity contribution is 7.15. The van der Waals surface area contributed by atoms with Crippen molar-refractivity contribution in [3.8, 4) is 0 Å². The highest BCUT2D eigenvalue weighted by atomic mass is 32.1. The van der Waals surface area contributed by atoms with Crippen LogP contribution in [0.3, 0.4) is 0 Å². The van der Waals surface area contributed by atoms with E-state index in [2.05, 4.69) is 15.1 Å². The summed E-state index contributed by atoms with van der Waals surface area (Å²) in [4.78, 5) is 2.37. The molecule has 0 N–H and O–H groups in total. The Morgan fingerprint density at radius 3 is 2.85 bits per heavy atom. The molecule has 0 unspecified atom stereocenters. The zero-order valence-corrected chi connectivity index (χ0v) is 13.1. The van der Waals surface area contributed by atoms with Crippen molar-refractivity contribution in [3.05, 3.63) is 5.01 Å². The van der Waals surface area contributed by atoms with Gasteiger partial charge in [-0.05, 0) is 38.5 Å². The van der Waals surface area contributed by atoms with Crippen molar-refractivity contribution >= 4 is 16.5 Å². The number of rotatable bonds is 4. The van der Waals surface area contributed by atoms with Gasteiger partial charge in [-0.15, -0.1) is 10.2 Å². The predicted octanol–water partition coefficient (Wildman–Crippen LogP) is 2.26. The summed E-state index contributed by atoms with van der Waals surface area (Å²) < 4.78 is 11.4. The van der Waals surface area contributed by atoms with Crippen molar-refractivity contribution < 1.29 is 9.47 Å². The van der Waals surface area contributed by atoms with Gasteiger partial charge in [-0.2, -0.15) is 0 Å². The maximum atomic E-state index is 5.92. The van der Waals surface area contributed by atoms with E-state index in [0.29, 0.717) is 11.5 Å². The molecule has 0 aliphatic carbocycles. The van der Waals surface area contributed by atoms with Gasteiger partial charge in [0.25, 0.3) is 0 Å². The summed E-state index contributed by atoms with van der Waals surface area (Å²) in [6.45, 7) is 8.60. The minimum absolute atomic E-state index is 0.297. The normalized spacial score (nSPS) is 25.5. The highest BCUT2D eigenvalue weighted by Crippen LogP contribution is 2.43. The van der Waals surface area contributed by atoms with E-state index >= 15 is 0 Å². The van der Waals surface area contributed by atoms with Crippen LogP contribution in [0.5, 0.6) is 0 Å². The molecule has 3 heterocycles. The van der Waals surface area contributed by atoms with Crippen LogP contribution in [0.25, 0.3) is 0 Å². The zero-order valence-electron chi connectivity index (χ0n) is 12.3. The molecule has 2 aliphatic rings. The summed E-state index contributed by atoms with van der Waals surface area (Å²) in [5.74, 6) is 0. The van der Waals surface area contributed by atoms with Crippen molar-refractivity contribution in [3.63, 3.8) is 0 Å². The summed E-state index contributed by atoms with van der Waals surface area (Å²) >= 11 is 1.69. The first-order chi connectivity index (χ1) is 9.71. The van der Waals surface area contributed by atoms with E-state index in [0.717, 1.165) is 49.5 Å². The summed E-state index contributed by atoms with van der Waals surface area (Å²) in [5.41, 5.74) is 0.373. The monoisotopic (exact) mass is 297 g/mol. The minimum atomic E-state index is 0.297. The zero-order chi connectivity index (χ0) is 14.0. The van der Waals surface area contributed by atoms with Crippen LogP contribution >= 0.6 is 11.3 Å². The van der Waals surface area contributed by atoms with Gasteiger partial charge in [-0.25, -0.2) is 0 Å². The molecule has 1 spiro atoms. The average Bonchev–Trinajstić information content (AvgIpc) is 3.05. The second-order valence-electron chi connectivity index (χ2n) is 5.89. The SMILES string of the molecule is CCOC[C@H]1CC2(CCN(c3nnc(C)s3)CC2)CO1. The summed E-state index contributed by atoms with van der Waals surface area (Å²) in [6, 6.07) is 0. The van der Waals surface area contributed by atoms with E-state index in [1.54, 1.807) is 11.3 Å². The standard InChI is InChI=1S/C14H23N3O2S/c1-3-18-9-12-8-14(10-19-12)4-6-17(7-5-14)13-16-15-11(2)20-13/h12H,3-10H2,1-2H3/t12-/m1/s1. The molecule has 0 amide bonds. The van der Waals surface area contributed by atoms with Gasteiger partial charge in [-0.3, -0.25) is 0 Å².